The molecule has 7 rings (SSSR count). The third-order valence-electron chi connectivity index (χ3n) is 9.78. The topological polar surface area (TPSA) is 57.0 Å². The first-order chi connectivity index (χ1) is 20.7. The minimum absolute atomic E-state index is 0.0517. The molecule has 44 heavy (non-hydrogen) atoms. The number of hydrogen-bond donors (Lipinski definition) is 2. The number of nitrogens with zero attached hydrogens (tertiary/aromatic N) is 1. The Morgan fingerprint density at radius 2 is 1.14 bits per heavy atom. The summed E-state index contributed by atoms with van der Waals surface area (Å²) in [7, 11) is 0. The Labute approximate surface area is 261 Å². The molecule has 6 aromatic rings. The molecular formula is C41H43N3. The molecule has 0 spiro atoms. The molecule has 0 saturated heterocycles. The molecule has 0 fully saturated rings. The molecule has 0 radical (unpaired) electrons. The highest BCUT2D eigenvalue weighted by Crippen LogP contribution is 2.54. The van der Waals surface area contributed by atoms with E-state index in [9.17, 15) is 0 Å². The van der Waals surface area contributed by atoms with Gasteiger partial charge in [0.2, 0.25) is 0 Å². The maximum absolute atomic E-state index is 6.78. The standard InChI is InChI=1S/C41H43N3/c1-39(2,3)25-11-16-30-31-17-12-26(40(4,5)6)22-36(31)44(35(30)21-25)28-14-9-24(10-15-28)37-34(43)20-19-32-29-18-13-27(42)23-33(29)41(7,8)38(32)37/h9-23H,42-43H2,1-8H3. The van der Waals surface area contributed by atoms with Crippen LogP contribution < -0.4 is 11.5 Å². The van der Waals surface area contributed by atoms with Crippen LogP contribution in [-0.4, -0.2) is 4.57 Å². The fourth-order valence-corrected chi connectivity index (χ4v) is 7.26. The van der Waals surface area contributed by atoms with E-state index in [1.54, 1.807) is 0 Å². The van der Waals surface area contributed by atoms with Gasteiger partial charge in [-0.3, -0.25) is 0 Å². The molecule has 1 aliphatic rings. The zero-order chi connectivity index (χ0) is 31.3. The largest absolute Gasteiger partial charge is 0.399 e. The van der Waals surface area contributed by atoms with Crippen molar-refractivity contribution >= 4 is 33.2 Å². The lowest BCUT2D eigenvalue weighted by Gasteiger charge is -2.26. The SMILES string of the molecule is CC(C)(C)c1ccc2c3ccc(C(C)(C)C)cc3n(-c3ccc(-c4c(N)ccc5c4C(C)(C)c4cc(N)ccc4-5)cc3)c2c1. The Morgan fingerprint density at radius 1 is 0.591 bits per heavy atom. The second-order valence-corrected chi connectivity index (χ2v) is 15.2. The molecule has 1 heterocycles. The molecule has 3 heteroatoms. The molecule has 4 N–H and O–H groups in total. The molecule has 0 bridgehead atoms. The van der Waals surface area contributed by atoms with Gasteiger partial charge in [0.25, 0.3) is 0 Å². The van der Waals surface area contributed by atoms with Crippen molar-refractivity contribution in [2.75, 3.05) is 11.5 Å². The summed E-state index contributed by atoms with van der Waals surface area (Å²) in [4.78, 5) is 0. The van der Waals surface area contributed by atoms with Gasteiger partial charge in [0, 0.05) is 38.8 Å². The molecule has 222 valence electrons. The first-order valence-electron chi connectivity index (χ1n) is 15.7. The lowest BCUT2D eigenvalue weighted by molar-refractivity contribution is 0.591. The molecule has 1 aliphatic carbocycles. The summed E-state index contributed by atoms with van der Waals surface area (Å²) in [5.41, 5.74) is 28.0. The molecule has 0 aliphatic heterocycles. The molecule has 0 atom stereocenters. The summed E-state index contributed by atoms with van der Waals surface area (Å²) in [6, 6.07) is 33.5. The third-order valence-corrected chi connectivity index (χ3v) is 9.78. The molecular weight excluding hydrogens is 534 g/mol. The van der Waals surface area contributed by atoms with Gasteiger partial charge >= 0.3 is 0 Å². The highest BCUT2D eigenvalue weighted by molar-refractivity contribution is 6.09. The van der Waals surface area contributed by atoms with Crippen LogP contribution in [0.3, 0.4) is 0 Å². The van der Waals surface area contributed by atoms with Crippen molar-refractivity contribution in [1.29, 1.82) is 0 Å². The van der Waals surface area contributed by atoms with Crippen LogP contribution in [0.5, 0.6) is 0 Å². The summed E-state index contributed by atoms with van der Waals surface area (Å²) in [5, 5.41) is 2.56. The fraction of sp³-hybridized carbons (Fsp3) is 0.268. The number of fused-ring (bicyclic) bond motifs is 6. The van der Waals surface area contributed by atoms with E-state index in [2.05, 4.69) is 145 Å². The number of hydrogen-bond acceptors (Lipinski definition) is 2. The van der Waals surface area contributed by atoms with E-state index >= 15 is 0 Å². The van der Waals surface area contributed by atoms with Crippen molar-refractivity contribution in [3.63, 3.8) is 0 Å². The summed E-state index contributed by atoms with van der Waals surface area (Å²) in [5.74, 6) is 0. The van der Waals surface area contributed by atoms with Crippen molar-refractivity contribution in [3.8, 4) is 27.9 Å². The van der Waals surface area contributed by atoms with E-state index in [1.807, 2.05) is 6.07 Å². The van der Waals surface area contributed by atoms with Gasteiger partial charge in [-0.05, 0) is 92.2 Å². The Balaban J connectivity index is 1.44. The van der Waals surface area contributed by atoms with Gasteiger partial charge in [0.1, 0.15) is 0 Å². The lowest BCUT2D eigenvalue weighted by atomic mass is 9.78. The molecule has 5 aromatic carbocycles. The first-order valence-corrected chi connectivity index (χ1v) is 15.7. The molecule has 0 amide bonds. The second kappa shape index (κ2) is 9.25. The van der Waals surface area contributed by atoms with E-state index in [0.717, 1.165) is 28.2 Å². The normalized spacial score (nSPS) is 14.3. The Bertz CT molecular complexity index is 2040. The maximum atomic E-state index is 6.78. The average molecular weight is 578 g/mol. The minimum Gasteiger partial charge on any atom is -0.399 e. The monoisotopic (exact) mass is 577 g/mol. The van der Waals surface area contributed by atoms with Gasteiger partial charge in [-0.15, -0.1) is 0 Å². The number of aromatic nitrogens is 1. The Hall–Kier alpha value is -4.50. The second-order valence-electron chi connectivity index (χ2n) is 15.2. The van der Waals surface area contributed by atoms with Crippen molar-refractivity contribution in [1.82, 2.24) is 4.57 Å². The van der Waals surface area contributed by atoms with Crippen LogP contribution in [0.2, 0.25) is 0 Å². The van der Waals surface area contributed by atoms with Crippen LogP contribution >= 0.6 is 0 Å². The lowest BCUT2D eigenvalue weighted by Crippen LogP contribution is -2.17. The Morgan fingerprint density at radius 3 is 1.68 bits per heavy atom. The van der Waals surface area contributed by atoms with Crippen LogP contribution in [-0.2, 0) is 16.2 Å². The average Bonchev–Trinajstić information content (AvgIpc) is 3.40. The molecule has 0 saturated carbocycles. The third kappa shape index (κ3) is 4.17. The zero-order valence-corrected chi connectivity index (χ0v) is 27.3. The van der Waals surface area contributed by atoms with Crippen molar-refractivity contribution in [3.05, 3.63) is 113 Å². The van der Waals surface area contributed by atoms with Crippen molar-refractivity contribution < 1.29 is 0 Å². The highest BCUT2D eigenvalue weighted by Gasteiger charge is 2.38. The maximum Gasteiger partial charge on any atom is 0.0544 e. The molecule has 3 nitrogen and oxygen atoms in total. The van der Waals surface area contributed by atoms with Crippen LogP contribution in [0.25, 0.3) is 49.7 Å². The number of rotatable bonds is 2. The van der Waals surface area contributed by atoms with E-state index in [-0.39, 0.29) is 16.2 Å². The highest BCUT2D eigenvalue weighted by atomic mass is 15.0. The quantitative estimate of drug-likeness (QED) is 0.201. The smallest absolute Gasteiger partial charge is 0.0544 e. The number of anilines is 2. The molecule has 0 unspecified atom stereocenters. The van der Waals surface area contributed by atoms with E-state index < -0.39 is 0 Å². The van der Waals surface area contributed by atoms with Gasteiger partial charge in [-0.1, -0.05) is 104 Å². The fourth-order valence-electron chi connectivity index (χ4n) is 7.26. The molecule has 1 aromatic heterocycles. The predicted molar refractivity (Wildman–Crippen MR) is 190 cm³/mol. The zero-order valence-electron chi connectivity index (χ0n) is 27.3. The summed E-state index contributed by atoms with van der Waals surface area (Å²) in [6.45, 7) is 18.3. The summed E-state index contributed by atoms with van der Waals surface area (Å²) < 4.78 is 2.44. The summed E-state index contributed by atoms with van der Waals surface area (Å²) >= 11 is 0. The predicted octanol–water partition coefficient (Wildman–Crippen LogP) is 10.5. The van der Waals surface area contributed by atoms with Gasteiger partial charge in [0.15, 0.2) is 0 Å². The van der Waals surface area contributed by atoms with E-state index in [1.165, 1.54) is 55.2 Å². The van der Waals surface area contributed by atoms with Crippen LogP contribution in [0.1, 0.15) is 77.6 Å². The number of benzene rings is 5. The van der Waals surface area contributed by atoms with Crippen LogP contribution in [0.15, 0.2) is 91.0 Å². The van der Waals surface area contributed by atoms with Gasteiger partial charge in [0.05, 0.1) is 11.0 Å². The van der Waals surface area contributed by atoms with Crippen molar-refractivity contribution in [2.24, 2.45) is 0 Å². The van der Waals surface area contributed by atoms with E-state index in [0.29, 0.717) is 0 Å². The van der Waals surface area contributed by atoms with Crippen molar-refractivity contribution in [2.45, 2.75) is 71.6 Å². The minimum atomic E-state index is -0.219. The van der Waals surface area contributed by atoms with Gasteiger partial charge < -0.3 is 16.0 Å². The number of nitrogens with two attached hydrogens (primary N) is 2. The van der Waals surface area contributed by atoms with Crippen LogP contribution in [0.4, 0.5) is 11.4 Å². The summed E-state index contributed by atoms with van der Waals surface area (Å²) in [6.07, 6.45) is 0. The van der Waals surface area contributed by atoms with Gasteiger partial charge in [-0.25, -0.2) is 0 Å². The van der Waals surface area contributed by atoms with Gasteiger partial charge in [-0.2, -0.15) is 0 Å². The van der Waals surface area contributed by atoms with Crippen LogP contribution in [0, 0.1) is 0 Å². The Kier molecular flexibility index (Phi) is 5.95. The first kappa shape index (κ1) is 28.3. The van der Waals surface area contributed by atoms with E-state index in [4.69, 9.17) is 11.5 Å². The number of nitrogen functional groups attached to an aromatic ring is 2.